The molecule has 5 aromatic rings. The first-order valence-corrected chi connectivity index (χ1v) is 12.5. The van der Waals surface area contributed by atoms with Crippen molar-refractivity contribution >= 4 is 64.0 Å². The Balaban J connectivity index is 1.33. The summed E-state index contributed by atoms with van der Waals surface area (Å²) in [4.78, 5) is 6.07. The predicted octanol–water partition coefficient (Wildman–Crippen LogP) is 9.62. The van der Waals surface area contributed by atoms with Crippen molar-refractivity contribution in [2.24, 2.45) is 0 Å². The van der Waals surface area contributed by atoms with E-state index in [2.05, 4.69) is 144 Å². The van der Waals surface area contributed by atoms with Crippen molar-refractivity contribution < 1.29 is 0 Å². The van der Waals surface area contributed by atoms with Crippen LogP contribution in [0.3, 0.4) is 0 Å². The summed E-state index contributed by atoms with van der Waals surface area (Å²) < 4.78 is 0. The van der Waals surface area contributed by atoms with E-state index in [1.807, 2.05) is 0 Å². The molecule has 2 heterocycles. The monoisotopic (exact) mass is 461 g/mol. The van der Waals surface area contributed by atoms with Crippen LogP contribution in [0.25, 0.3) is 24.3 Å². The van der Waals surface area contributed by atoms with Gasteiger partial charge in [-0.05, 0) is 83.8 Å². The number of rotatable bonds is 7. The summed E-state index contributed by atoms with van der Waals surface area (Å²) in [6.45, 7) is 0. The summed E-state index contributed by atoms with van der Waals surface area (Å²) in [6, 6.07) is 38.3. The van der Waals surface area contributed by atoms with Gasteiger partial charge < -0.3 is 4.90 Å². The van der Waals surface area contributed by atoms with E-state index in [9.17, 15) is 0 Å². The Morgan fingerprint density at radius 2 is 1.00 bits per heavy atom. The van der Waals surface area contributed by atoms with E-state index in [1.165, 1.54) is 20.2 Å². The number of hydrogen-bond acceptors (Lipinski definition) is 3. The van der Waals surface area contributed by atoms with Crippen LogP contribution in [-0.4, -0.2) is 0 Å². The summed E-state index contributed by atoms with van der Waals surface area (Å²) in [5.41, 5.74) is 4.62. The van der Waals surface area contributed by atoms with E-state index in [0.29, 0.717) is 0 Å². The highest BCUT2D eigenvalue weighted by Gasteiger charge is 2.11. The van der Waals surface area contributed by atoms with Crippen LogP contribution in [-0.2, 0) is 0 Å². The third kappa shape index (κ3) is 5.40. The fraction of sp³-hybridized carbons (Fsp3) is 0. The molecule has 0 saturated heterocycles. The quantitative estimate of drug-likeness (QED) is 0.233. The van der Waals surface area contributed by atoms with Gasteiger partial charge in [0.1, 0.15) is 0 Å². The van der Waals surface area contributed by atoms with E-state index in [0.717, 1.165) is 17.1 Å². The molecule has 33 heavy (non-hydrogen) atoms. The van der Waals surface area contributed by atoms with Crippen LogP contribution < -0.4 is 4.90 Å². The van der Waals surface area contributed by atoms with Gasteiger partial charge in [-0.1, -0.05) is 60.7 Å². The summed E-state index contributed by atoms with van der Waals surface area (Å²) >= 11 is 3.56. The second-order valence-corrected chi connectivity index (χ2v) is 9.65. The van der Waals surface area contributed by atoms with Gasteiger partial charge in [0.2, 0.25) is 0 Å². The van der Waals surface area contributed by atoms with Crippen LogP contribution in [0, 0.1) is 0 Å². The summed E-state index contributed by atoms with van der Waals surface area (Å²) in [6.07, 6.45) is 8.73. The lowest BCUT2D eigenvalue weighted by Gasteiger charge is -2.25. The van der Waals surface area contributed by atoms with E-state index >= 15 is 0 Å². The van der Waals surface area contributed by atoms with E-state index in [1.54, 1.807) is 22.7 Å². The molecule has 0 spiro atoms. The maximum Gasteiger partial charge on any atom is 0.0462 e. The Labute approximate surface area is 203 Å². The molecular formula is C30H23NS2. The lowest BCUT2D eigenvalue weighted by atomic mass is 10.1. The van der Waals surface area contributed by atoms with Crippen molar-refractivity contribution in [3.05, 3.63) is 135 Å². The molecule has 0 saturated carbocycles. The van der Waals surface area contributed by atoms with E-state index in [4.69, 9.17) is 0 Å². The molecule has 0 aliphatic carbocycles. The first-order valence-electron chi connectivity index (χ1n) is 10.8. The smallest absolute Gasteiger partial charge is 0.0462 e. The van der Waals surface area contributed by atoms with Crippen molar-refractivity contribution in [1.82, 2.24) is 0 Å². The third-order valence-corrected chi connectivity index (χ3v) is 7.08. The zero-order valence-corrected chi connectivity index (χ0v) is 19.7. The minimum atomic E-state index is 1.14. The van der Waals surface area contributed by atoms with Crippen molar-refractivity contribution in [3.8, 4) is 0 Å². The fourth-order valence-corrected chi connectivity index (χ4v) is 5.05. The Morgan fingerprint density at radius 1 is 0.455 bits per heavy atom. The Hall–Kier alpha value is -3.66. The van der Waals surface area contributed by atoms with Gasteiger partial charge in [0.15, 0.2) is 0 Å². The van der Waals surface area contributed by atoms with Crippen molar-refractivity contribution in [2.75, 3.05) is 4.90 Å². The molecule has 160 valence electrons. The standard InChI is InChI=1S/C30H23NS2/c1-3-8-25(9-4-1)31(26-10-5-2-6-11-26)27-16-13-24(14-17-27)15-18-29-21-22-30(33-29)20-19-28-12-7-23-32-28/h1-23H. The van der Waals surface area contributed by atoms with Gasteiger partial charge in [0, 0.05) is 31.7 Å². The van der Waals surface area contributed by atoms with Crippen molar-refractivity contribution in [3.63, 3.8) is 0 Å². The number of anilines is 3. The predicted molar refractivity (Wildman–Crippen MR) is 148 cm³/mol. The Bertz CT molecular complexity index is 1290. The third-order valence-electron chi connectivity index (χ3n) is 5.22. The normalized spacial score (nSPS) is 11.4. The number of nitrogens with zero attached hydrogens (tertiary/aromatic N) is 1. The van der Waals surface area contributed by atoms with Crippen LogP contribution in [0.2, 0.25) is 0 Å². The average Bonchev–Trinajstić information content (AvgIpc) is 3.56. The SMILES string of the molecule is C(=Cc1ccc(C=Cc2cccs2)s1)c1ccc(N(c2ccccc2)c2ccccc2)cc1. The van der Waals surface area contributed by atoms with Gasteiger partial charge in [0.05, 0.1) is 0 Å². The summed E-state index contributed by atoms with van der Waals surface area (Å²) in [5, 5.41) is 2.10. The molecule has 0 radical (unpaired) electrons. The minimum Gasteiger partial charge on any atom is -0.311 e. The molecule has 0 aliphatic rings. The fourth-order valence-electron chi connectivity index (χ4n) is 3.61. The van der Waals surface area contributed by atoms with Crippen LogP contribution in [0.5, 0.6) is 0 Å². The molecule has 3 heteroatoms. The Kier molecular flexibility index (Phi) is 6.62. The molecule has 0 amide bonds. The first-order chi connectivity index (χ1) is 16.3. The molecule has 0 bridgehead atoms. The number of para-hydroxylation sites is 2. The van der Waals surface area contributed by atoms with Gasteiger partial charge in [-0.15, -0.1) is 22.7 Å². The minimum absolute atomic E-state index is 1.14. The highest BCUT2D eigenvalue weighted by molar-refractivity contribution is 7.14. The molecule has 1 nitrogen and oxygen atoms in total. The molecule has 0 unspecified atom stereocenters. The highest BCUT2D eigenvalue weighted by atomic mass is 32.1. The largest absolute Gasteiger partial charge is 0.311 e. The molecule has 2 aromatic heterocycles. The second kappa shape index (κ2) is 10.3. The van der Waals surface area contributed by atoms with Gasteiger partial charge in [0.25, 0.3) is 0 Å². The average molecular weight is 462 g/mol. The molecule has 0 atom stereocenters. The lowest BCUT2D eigenvalue weighted by molar-refractivity contribution is 1.28. The Morgan fingerprint density at radius 3 is 1.58 bits per heavy atom. The first kappa shape index (κ1) is 21.2. The van der Waals surface area contributed by atoms with Crippen LogP contribution in [0.4, 0.5) is 17.1 Å². The number of thiophene rings is 2. The molecule has 5 rings (SSSR count). The van der Waals surface area contributed by atoms with E-state index in [-0.39, 0.29) is 0 Å². The lowest BCUT2D eigenvalue weighted by Crippen LogP contribution is -2.09. The van der Waals surface area contributed by atoms with Gasteiger partial charge in [-0.2, -0.15) is 0 Å². The number of benzene rings is 3. The van der Waals surface area contributed by atoms with Gasteiger partial charge in [-0.25, -0.2) is 0 Å². The van der Waals surface area contributed by atoms with Crippen molar-refractivity contribution in [1.29, 1.82) is 0 Å². The molecule has 0 fully saturated rings. The maximum atomic E-state index is 2.28. The van der Waals surface area contributed by atoms with Gasteiger partial charge in [-0.3, -0.25) is 0 Å². The van der Waals surface area contributed by atoms with Crippen LogP contribution in [0.1, 0.15) is 20.2 Å². The highest BCUT2D eigenvalue weighted by Crippen LogP contribution is 2.34. The molecular weight excluding hydrogens is 438 g/mol. The molecule has 3 aromatic carbocycles. The number of hydrogen-bond donors (Lipinski definition) is 0. The van der Waals surface area contributed by atoms with E-state index < -0.39 is 0 Å². The zero-order valence-electron chi connectivity index (χ0n) is 18.0. The molecule has 0 N–H and O–H groups in total. The summed E-state index contributed by atoms with van der Waals surface area (Å²) in [5.74, 6) is 0. The van der Waals surface area contributed by atoms with Crippen molar-refractivity contribution in [2.45, 2.75) is 0 Å². The molecule has 0 aliphatic heterocycles. The van der Waals surface area contributed by atoms with Crippen LogP contribution in [0.15, 0.2) is 115 Å². The second-order valence-electron chi connectivity index (χ2n) is 7.52. The van der Waals surface area contributed by atoms with Crippen LogP contribution >= 0.6 is 22.7 Å². The zero-order chi connectivity index (χ0) is 22.3. The summed E-state index contributed by atoms with van der Waals surface area (Å²) in [7, 11) is 0. The topological polar surface area (TPSA) is 3.24 Å². The maximum absolute atomic E-state index is 2.28. The van der Waals surface area contributed by atoms with Gasteiger partial charge >= 0.3 is 0 Å².